The van der Waals surface area contributed by atoms with Crippen molar-refractivity contribution < 1.29 is 108 Å². The van der Waals surface area contributed by atoms with Crippen LogP contribution >= 0.6 is 0 Å². The van der Waals surface area contributed by atoms with Crippen molar-refractivity contribution in [3.05, 3.63) is 96.1 Å². The van der Waals surface area contributed by atoms with E-state index >= 15 is 0 Å². The van der Waals surface area contributed by atoms with Crippen molar-refractivity contribution in [2.24, 2.45) is 23.7 Å². The molecule has 6 N–H and O–H groups in total. The zero-order valence-corrected chi connectivity index (χ0v) is 55.5. The highest BCUT2D eigenvalue weighted by Gasteiger charge is 2.46. The molecule has 30 heteroatoms. The Morgan fingerprint density at radius 2 is 0.968 bits per heavy atom. The molecule has 95 heavy (non-hydrogen) atoms. The summed E-state index contributed by atoms with van der Waals surface area (Å²) in [6, 6.07) is 21.0. The van der Waals surface area contributed by atoms with Crippen LogP contribution in [0.2, 0.25) is 0 Å². The van der Waals surface area contributed by atoms with Crippen LogP contribution in [0, 0.1) is 23.7 Å². The number of hydrogen-bond acceptors (Lipinski definition) is 22. The van der Waals surface area contributed by atoms with Crippen LogP contribution in [-0.4, -0.2) is 200 Å². The maximum Gasteiger partial charge on any atom is 0.407 e. The van der Waals surface area contributed by atoms with Gasteiger partial charge in [0.25, 0.3) is 0 Å². The maximum atomic E-state index is 13.9. The molecule has 0 aromatic heterocycles. The molecule has 0 bridgehead atoms. The average Bonchev–Trinajstić information content (AvgIpc) is 1.82. The van der Waals surface area contributed by atoms with Crippen LogP contribution in [0.3, 0.4) is 0 Å². The quantitative estimate of drug-likeness (QED) is 0.0342. The maximum absolute atomic E-state index is 13.9. The second kappa shape index (κ2) is 33.6. The molecule has 6 aliphatic rings. The van der Waals surface area contributed by atoms with E-state index in [4.69, 9.17) is 61.9 Å². The van der Waals surface area contributed by atoms with Crippen LogP contribution < -0.4 is 44.4 Å². The van der Waals surface area contributed by atoms with Crippen molar-refractivity contribution in [1.82, 2.24) is 24.6 Å². The Kier molecular flexibility index (Phi) is 25.5. The van der Waals surface area contributed by atoms with Gasteiger partial charge in [0, 0.05) is 58.2 Å². The molecule has 3 amide bonds. The Hall–Kier alpha value is -7.26. The molecule has 4 aromatic rings. The number of rotatable bonds is 32. The Bertz CT molecular complexity index is 3440. The molecular formula is C65H87N5O23S2. The standard InChI is InChI=1S/C33H45N3O11S.C32H42N2O12S/c1-21(2)17-36(48(40,41)24-10-11-28-29(16-24)46-20-45-28)18-27(37)26(35-33(39)47-30-19-44-32-25(30)12-14-43-32)15-22-6-8-23(9-7-22)42-13-4-5-31(38)34-3;1-20(2)16-34(47(39,40)23-9-10-27-28(15-23)45-19-44-27)17-26(35)25(33-32(38)46-29-18-43-31-24(29)11-13-42-31)14-21-5-7-22(8-6-21)41-12-3-4-30(36)37/h6-11,16,21,25-27,30,32,37H,4-5,12-15,17-20H2,1-3H3,(H,34,38)(H,35,39);5-10,15,20,24-26,29,31,35H,3-4,11-14,16-19H2,1-2H3,(H,33,38)(H,36,37)/t25-,26-,27+,30+,32+;24-,25-,26+,29+,31+/m00/s1. The predicted molar refractivity (Wildman–Crippen MR) is 338 cm³/mol. The fraction of sp³-hybridized carbons (Fsp3) is 0.569. The summed E-state index contributed by atoms with van der Waals surface area (Å²) < 4.78 is 124. The lowest BCUT2D eigenvalue weighted by atomic mass is 10.0. The van der Waals surface area contributed by atoms with E-state index in [-0.39, 0.29) is 118 Å². The monoisotopic (exact) mass is 1370 g/mol. The van der Waals surface area contributed by atoms with Crippen molar-refractivity contribution in [1.29, 1.82) is 0 Å². The minimum Gasteiger partial charge on any atom is -0.494 e. The number of carbonyl (C=O) groups is 4. The number of amides is 3. The molecule has 522 valence electrons. The van der Waals surface area contributed by atoms with Gasteiger partial charge < -0.3 is 88.1 Å². The Morgan fingerprint density at radius 1 is 0.558 bits per heavy atom. The highest BCUT2D eigenvalue weighted by Crippen LogP contribution is 2.38. The summed E-state index contributed by atoms with van der Waals surface area (Å²) in [5, 5.41) is 40.2. The molecule has 10 atom stereocenters. The van der Waals surface area contributed by atoms with Crippen molar-refractivity contribution >= 4 is 44.1 Å². The summed E-state index contributed by atoms with van der Waals surface area (Å²) in [6.07, 6.45) is -3.00. The third kappa shape index (κ3) is 19.9. The number of aliphatic hydroxyl groups excluding tert-OH is 2. The SMILES string of the molecule is CC(C)CN(C[C@@H](O)[C@H](Cc1ccc(OCCCC(=O)O)cc1)NC(=O)O[C@@H]1CO[C@H]2OCC[C@H]21)S(=O)(=O)c1ccc2c(c1)OCO2.CNC(=O)CCCOc1ccc(C[C@H](NC(=O)O[C@@H]2CO[C@H]3OCC[C@H]32)[C@H](O)CN(CC(C)C)S(=O)(=O)c2ccc3c(c2)OCO3)cc1. The molecule has 4 fully saturated rings. The Labute approximate surface area is 553 Å². The van der Waals surface area contributed by atoms with Crippen molar-refractivity contribution in [3.63, 3.8) is 0 Å². The summed E-state index contributed by atoms with van der Waals surface area (Å²) in [4.78, 5) is 48.6. The molecule has 0 aliphatic carbocycles. The number of carboxylic acid groups (broad SMARTS) is 1. The predicted octanol–water partition coefficient (Wildman–Crippen LogP) is 5.19. The molecule has 28 nitrogen and oxygen atoms in total. The molecule has 4 saturated heterocycles. The fourth-order valence-corrected chi connectivity index (χ4v) is 14.9. The largest absolute Gasteiger partial charge is 0.494 e. The number of carboxylic acids is 1. The van der Waals surface area contributed by atoms with Gasteiger partial charge in [0.15, 0.2) is 35.6 Å². The highest BCUT2D eigenvalue weighted by molar-refractivity contribution is 7.89. The molecule has 0 unspecified atom stereocenters. The Morgan fingerprint density at radius 3 is 1.37 bits per heavy atom. The van der Waals surface area contributed by atoms with E-state index in [0.717, 1.165) is 11.1 Å². The van der Waals surface area contributed by atoms with E-state index in [0.29, 0.717) is 86.4 Å². The minimum absolute atomic E-state index is 0.000950. The van der Waals surface area contributed by atoms with Crippen LogP contribution in [0.4, 0.5) is 9.59 Å². The van der Waals surface area contributed by atoms with Gasteiger partial charge in [-0.3, -0.25) is 9.59 Å². The molecule has 0 saturated carbocycles. The first-order chi connectivity index (χ1) is 45.5. The van der Waals surface area contributed by atoms with Gasteiger partial charge in [-0.15, -0.1) is 0 Å². The van der Waals surface area contributed by atoms with Crippen molar-refractivity contribution in [2.45, 2.75) is 138 Å². The van der Waals surface area contributed by atoms with Crippen LogP contribution in [0.1, 0.15) is 77.3 Å². The van der Waals surface area contributed by atoms with Crippen LogP contribution in [-0.2, 0) is 70.9 Å². The average molecular weight is 1370 g/mol. The van der Waals surface area contributed by atoms with E-state index in [1.807, 2.05) is 27.7 Å². The number of nitrogens with one attached hydrogen (secondary N) is 3. The molecule has 6 aliphatic heterocycles. The summed E-state index contributed by atoms with van der Waals surface area (Å²) >= 11 is 0. The second-order valence-corrected chi connectivity index (χ2v) is 28.6. The molecule has 4 aromatic carbocycles. The zero-order chi connectivity index (χ0) is 67.8. The first-order valence-electron chi connectivity index (χ1n) is 31.9. The van der Waals surface area contributed by atoms with Crippen molar-refractivity contribution in [2.75, 3.05) is 86.5 Å². The van der Waals surface area contributed by atoms with Gasteiger partial charge in [-0.1, -0.05) is 52.0 Å². The molecule has 10 rings (SSSR count). The van der Waals surface area contributed by atoms with Gasteiger partial charge in [0.1, 0.15) is 23.7 Å². The van der Waals surface area contributed by atoms with E-state index in [2.05, 4.69) is 16.0 Å². The van der Waals surface area contributed by atoms with Gasteiger partial charge in [-0.25, -0.2) is 26.4 Å². The number of ether oxygens (including phenoxy) is 12. The van der Waals surface area contributed by atoms with Crippen LogP contribution in [0.15, 0.2) is 94.7 Å². The lowest BCUT2D eigenvalue weighted by Crippen LogP contribution is -2.51. The van der Waals surface area contributed by atoms with Gasteiger partial charge >= 0.3 is 18.2 Å². The normalized spacial score (nSPS) is 21.3. The van der Waals surface area contributed by atoms with Crippen molar-refractivity contribution in [3.8, 4) is 34.5 Å². The van der Waals surface area contributed by atoms with Gasteiger partial charge in [0.05, 0.1) is 85.6 Å². The number of hydrogen-bond donors (Lipinski definition) is 6. The van der Waals surface area contributed by atoms with Gasteiger partial charge in [-0.2, -0.15) is 8.61 Å². The van der Waals surface area contributed by atoms with Gasteiger partial charge in [0.2, 0.25) is 39.5 Å². The van der Waals surface area contributed by atoms with Crippen LogP contribution in [0.5, 0.6) is 34.5 Å². The third-order valence-electron chi connectivity index (χ3n) is 16.6. The fourth-order valence-electron chi connectivity index (χ4n) is 11.6. The molecule has 0 radical (unpaired) electrons. The molecule has 6 heterocycles. The number of alkyl carbamates (subject to hydrolysis) is 2. The summed E-state index contributed by atoms with van der Waals surface area (Å²) in [5.74, 6) is 1.44. The Balaban J connectivity index is 0.000000223. The van der Waals surface area contributed by atoms with Crippen LogP contribution in [0.25, 0.3) is 0 Å². The molecule has 0 spiro atoms. The number of carbonyl (C=O) groups excluding carboxylic acids is 3. The number of nitrogens with zero attached hydrogens (tertiary/aromatic N) is 2. The number of benzene rings is 4. The van der Waals surface area contributed by atoms with E-state index in [1.54, 1.807) is 61.6 Å². The molecular weight excluding hydrogens is 1280 g/mol. The number of aliphatic carboxylic acids is 1. The first-order valence-corrected chi connectivity index (χ1v) is 34.8. The number of aliphatic hydroxyl groups is 2. The van der Waals surface area contributed by atoms with E-state index < -0.39 is 87.3 Å². The number of sulfonamides is 2. The lowest BCUT2D eigenvalue weighted by Gasteiger charge is -2.31. The zero-order valence-electron chi connectivity index (χ0n) is 53.9. The summed E-state index contributed by atoms with van der Waals surface area (Å²) in [7, 11) is -6.58. The summed E-state index contributed by atoms with van der Waals surface area (Å²) in [5.41, 5.74) is 1.49. The lowest BCUT2D eigenvalue weighted by molar-refractivity contribution is -0.137. The van der Waals surface area contributed by atoms with E-state index in [1.165, 1.54) is 38.9 Å². The second-order valence-electron chi connectivity index (χ2n) is 24.7. The summed E-state index contributed by atoms with van der Waals surface area (Å²) in [6.45, 7) is 9.18. The smallest absolute Gasteiger partial charge is 0.407 e. The minimum atomic E-state index is -4.09. The van der Waals surface area contributed by atoms with Gasteiger partial charge in [-0.05, 0) is 110 Å². The number of fused-ring (bicyclic) bond motifs is 4. The topological polar surface area (TPSA) is 351 Å². The first kappa shape index (κ1) is 72.0. The third-order valence-corrected chi connectivity index (χ3v) is 20.2. The van der Waals surface area contributed by atoms with E-state index in [9.17, 15) is 46.2 Å². The highest BCUT2D eigenvalue weighted by atomic mass is 32.2.